The maximum absolute atomic E-state index is 12.6. The molecule has 25 nitrogen and oxygen atoms in total. The molecule has 1 amide bonds. The normalized spacial score (nSPS) is 52.3. The van der Waals surface area contributed by atoms with Crippen LogP contribution in [0.4, 0.5) is 0 Å². The molecule has 0 spiro atoms. The van der Waals surface area contributed by atoms with Gasteiger partial charge in [0.05, 0.1) is 32.0 Å². The van der Waals surface area contributed by atoms with Crippen molar-refractivity contribution in [2.24, 2.45) is 0 Å². The molecule has 25 heteroatoms. The van der Waals surface area contributed by atoms with Crippen molar-refractivity contribution in [2.45, 2.75) is 174 Å². The van der Waals surface area contributed by atoms with Crippen LogP contribution in [-0.2, 0) is 47.4 Å². The molecule has 0 radical (unpaired) electrons. The maximum Gasteiger partial charge on any atom is 0.217 e. The van der Waals surface area contributed by atoms with E-state index in [1.807, 2.05) is 0 Å². The number of rotatable bonds is 12. The quantitative estimate of drug-likeness (QED) is 0.0867. The van der Waals surface area contributed by atoms with Gasteiger partial charge in [-0.3, -0.25) is 4.79 Å². The fourth-order valence-electron chi connectivity index (χ4n) is 7.30. The molecule has 5 heterocycles. The SMILES string of the molecule is CC(=O)N[C@@H]1C(O[C@@H]2O[C@H](CO)[C@H](O)[C@H](O)[C@H]2O[C@@H]2O[C@@H](C)[C@@H](O)[C@@H](O)[C@@H]2O)[C@@H](O)[C@@H](CO)O[C@H]1O[C@H]1[C@@H](O)[C@@H](C)O[C@H](O[C@@H]2[C@H](O)[C@@H](O)[C@H](O)O[C@@H]2CO)[C@@H]1O. The van der Waals surface area contributed by atoms with Crippen LogP contribution in [-0.4, -0.2) is 251 Å². The first kappa shape index (κ1) is 46.6. The average molecular weight is 838 g/mol. The number of amides is 1. The summed E-state index contributed by atoms with van der Waals surface area (Å²) in [5, 5.41) is 150. The van der Waals surface area contributed by atoms with Crippen LogP contribution in [0, 0.1) is 0 Å². The number of hydrogen-bond acceptors (Lipinski definition) is 24. The molecule has 0 aromatic rings. The van der Waals surface area contributed by atoms with E-state index in [9.17, 15) is 76.3 Å². The van der Waals surface area contributed by atoms with Crippen molar-refractivity contribution in [3.63, 3.8) is 0 Å². The molecule has 0 aliphatic carbocycles. The molecule has 5 rings (SSSR count). The molecular formula is C32H55NO24. The second kappa shape index (κ2) is 19.5. The molecule has 0 bridgehead atoms. The van der Waals surface area contributed by atoms with E-state index >= 15 is 0 Å². The molecule has 0 saturated carbocycles. The van der Waals surface area contributed by atoms with Gasteiger partial charge >= 0.3 is 0 Å². The summed E-state index contributed by atoms with van der Waals surface area (Å²) < 4.78 is 51.1. The Hall–Kier alpha value is -1.45. The van der Waals surface area contributed by atoms with Gasteiger partial charge in [0.15, 0.2) is 31.5 Å². The molecule has 5 saturated heterocycles. The van der Waals surface area contributed by atoms with Crippen molar-refractivity contribution in [1.82, 2.24) is 5.32 Å². The molecule has 5 aliphatic heterocycles. The summed E-state index contributed by atoms with van der Waals surface area (Å²) in [6.07, 6.45) is -41.7. The topological polar surface area (TPSA) is 395 Å². The van der Waals surface area contributed by atoms with Gasteiger partial charge in [0.1, 0.15) is 110 Å². The lowest BCUT2D eigenvalue weighted by molar-refractivity contribution is -0.389. The lowest BCUT2D eigenvalue weighted by Crippen LogP contribution is -2.70. The molecule has 57 heavy (non-hydrogen) atoms. The minimum absolute atomic E-state index is 0.786. The average Bonchev–Trinajstić information content (AvgIpc) is 3.17. The molecular weight excluding hydrogens is 782 g/mol. The van der Waals surface area contributed by atoms with Gasteiger partial charge in [-0.1, -0.05) is 0 Å². The van der Waals surface area contributed by atoms with Crippen LogP contribution < -0.4 is 5.32 Å². The summed E-state index contributed by atoms with van der Waals surface area (Å²) in [5.74, 6) is -0.786. The minimum Gasteiger partial charge on any atom is -0.394 e. The second-order valence-corrected chi connectivity index (χ2v) is 14.7. The summed E-state index contributed by atoms with van der Waals surface area (Å²) in [4.78, 5) is 12.6. The van der Waals surface area contributed by atoms with Crippen LogP contribution in [0.3, 0.4) is 0 Å². The Morgan fingerprint density at radius 3 is 1.54 bits per heavy atom. The van der Waals surface area contributed by atoms with E-state index in [0.29, 0.717) is 0 Å². The number of aliphatic hydroxyl groups excluding tert-OH is 14. The number of nitrogens with one attached hydrogen (secondary N) is 1. The lowest BCUT2D eigenvalue weighted by Gasteiger charge is -2.50. The number of carbonyl (C=O) groups excluding carboxylic acids is 1. The molecule has 0 aromatic heterocycles. The predicted octanol–water partition coefficient (Wildman–Crippen LogP) is -9.73. The third-order valence-electron chi connectivity index (χ3n) is 10.6. The van der Waals surface area contributed by atoms with Crippen molar-refractivity contribution in [3.8, 4) is 0 Å². The van der Waals surface area contributed by atoms with Crippen LogP contribution in [0.5, 0.6) is 0 Å². The molecule has 5 fully saturated rings. The Labute approximate surface area is 324 Å². The van der Waals surface area contributed by atoms with E-state index < -0.39 is 179 Å². The highest BCUT2D eigenvalue weighted by Gasteiger charge is 2.57. The summed E-state index contributed by atoms with van der Waals surface area (Å²) in [6, 6.07) is -1.66. The monoisotopic (exact) mass is 837 g/mol. The first-order valence-electron chi connectivity index (χ1n) is 18.3. The predicted molar refractivity (Wildman–Crippen MR) is 175 cm³/mol. The third-order valence-corrected chi connectivity index (χ3v) is 10.6. The van der Waals surface area contributed by atoms with Crippen molar-refractivity contribution in [3.05, 3.63) is 0 Å². The van der Waals surface area contributed by atoms with Crippen LogP contribution in [0.15, 0.2) is 0 Å². The summed E-state index contributed by atoms with van der Waals surface area (Å²) >= 11 is 0. The fourth-order valence-corrected chi connectivity index (χ4v) is 7.30. The van der Waals surface area contributed by atoms with Crippen molar-refractivity contribution in [2.75, 3.05) is 19.8 Å². The molecule has 25 atom stereocenters. The standard InChI is InChI=1S/C32H55NO24/c1-7-14(38)18(42)22(46)30(49-7)57-27-19(43)16(40)10(4-34)53-32(27)55-25-13(33-9(3)37)29(52-11(5-35)17(25)41)56-26-15(39)8(2)50-31(23(26)47)54-24-12(6-36)51-28(48)21(45)20(24)44/h7-8,10-32,34-36,38-48H,4-6H2,1-3H3,(H,33,37)/t7-,8+,10+,11+,12+,13+,14+,15-,16-,17-,18+,19-,20+,21+,22-,23+,24-,25?,26-,27+,28+,29-,30-,31+,32-/m0/s1. The zero-order chi connectivity index (χ0) is 42.2. The van der Waals surface area contributed by atoms with Gasteiger partial charge in [-0.2, -0.15) is 0 Å². The first-order valence-corrected chi connectivity index (χ1v) is 18.3. The van der Waals surface area contributed by atoms with Gasteiger partial charge in [-0.15, -0.1) is 0 Å². The van der Waals surface area contributed by atoms with E-state index in [0.717, 1.165) is 6.92 Å². The van der Waals surface area contributed by atoms with Crippen molar-refractivity contribution in [1.29, 1.82) is 0 Å². The fraction of sp³-hybridized carbons (Fsp3) is 0.969. The van der Waals surface area contributed by atoms with Crippen LogP contribution in [0.25, 0.3) is 0 Å². The number of hydrogen-bond donors (Lipinski definition) is 15. The van der Waals surface area contributed by atoms with Gasteiger partial charge in [0, 0.05) is 6.92 Å². The Balaban J connectivity index is 1.42. The van der Waals surface area contributed by atoms with Gasteiger partial charge in [0.25, 0.3) is 0 Å². The molecule has 332 valence electrons. The van der Waals surface area contributed by atoms with Gasteiger partial charge in [0.2, 0.25) is 5.91 Å². The number of aliphatic hydroxyl groups is 14. The summed E-state index contributed by atoms with van der Waals surface area (Å²) in [5.41, 5.74) is 0. The van der Waals surface area contributed by atoms with E-state index in [-0.39, 0.29) is 0 Å². The molecule has 15 N–H and O–H groups in total. The zero-order valence-corrected chi connectivity index (χ0v) is 30.9. The van der Waals surface area contributed by atoms with Gasteiger partial charge in [-0.05, 0) is 13.8 Å². The summed E-state index contributed by atoms with van der Waals surface area (Å²) in [6.45, 7) is 1.08. The van der Waals surface area contributed by atoms with Crippen molar-refractivity contribution < 1.29 is 119 Å². The Morgan fingerprint density at radius 1 is 0.456 bits per heavy atom. The van der Waals surface area contributed by atoms with E-state index in [2.05, 4.69) is 5.32 Å². The van der Waals surface area contributed by atoms with E-state index in [1.54, 1.807) is 0 Å². The van der Waals surface area contributed by atoms with Crippen LogP contribution >= 0.6 is 0 Å². The number of carbonyl (C=O) groups is 1. The Kier molecular flexibility index (Phi) is 16.0. The highest BCUT2D eigenvalue weighted by atomic mass is 16.8. The Bertz CT molecular complexity index is 1290. The highest BCUT2D eigenvalue weighted by Crippen LogP contribution is 2.36. The molecule has 5 aliphatic rings. The third kappa shape index (κ3) is 9.71. The maximum atomic E-state index is 12.6. The minimum atomic E-state index is -1.99. The van der Waals surface area contributed by atoms with E-state index in [4.69, 9.17) is 42.6 Å². The largest absolute Gasteiger partial charge is 0.394 e. The summed E-state index contributed by atoms with van der Waals surface area (Å²) in [7, 11) is 0. The van der Waals surface area contributed by atoms with Gasteiger partial charge in [-0.25, -0.2) is 0 Å². The Morgan fingerprint density at radius 2 is 0.947 bits per heavy atom. The highest BCUT2D eigenvalue weighted by molar-refractivity contribution is 5.73. The molecule has 0 aromatic carbocycles. The number of ether oxygens (including phenoxy) is 9. The second-order valence-electron chi connectivity index (χ2n) is 14.7. The van der Waals surface area contributed by atoms with Crippen LogP contribution in [0.2, 0.25) is 0 Å². The zero-order valence-electron chi connectivity index (χ0n) is 30.9. The first-order chi connectivity index (χ1) is 26.8. The molecule has 1 unspecified atom stereocenters. The van der Waals surface area contributed by atoms with E-state index in [1.165, 1.54) is 13.8 Å². The van der Waals surface area contributed by atoms with Crippen LogP contribution in [0.1, 0.15) is 20.8 Å². The lowest BCUT2D eigenvalue weighted by atomic mass is 9.94. The smallest absolute Gasteiger partial charge is 0.217 e. The van der Waals surface area contributed by atoms with Gasteiger partial charge < -0.3 is 119 Å². The van der Waals surface area contributed by atoms with Crippen molar-refractivity contribution >= 4 is 5.91 Å².